The first kappa shape index (κ1) is 23.7. The maximum atomic E-state index is 12.8. The van der Waals surface area contributed by atoms with Crippen molar-refractivity contribution in [2.45, 2.75) is 50.1 Å². The van der Waals surface area contributed by atoms with E-state index in [1.165, 1.54) is 0 Å². The molecular weight excluding hydrogens is 504 g/mol. The number of phenols is 2. The Morgan fingerprint density at radius 2 is 1.07 bits per heavy atom. The molecule has 0 radical (unpaired) electrons. The van der Waals surface area contributed by atoms with Gasteiger partial charge >= 0.3 is 0 Å². The maximum absolute atomic E-state index is 12.8. The molecular formula is C32H30N4O4. The zero-order valence-electron chi connectivity index (χ0n) is 21.9. The van der Waals surface area contributed by atoms with Crippen LogP contribution in [0.15, 0.2) is 60.7 Å². The molecule has 4 aliphatic rings. The molecule has 202 valence electrons. The quantitative estimate of drug-likeness (QED) is 0.313. The van der Waals surface area contributed by atoms with E-state index >= 15 is 0 Å². The number of hydrogen-bond acceptors (Lipinski definition) is 6. The van der Waals surface area contributed by atoms with Crippen LogP contribution in [-0.2, 0) is 9.59 Å². The van der Waals surface area contributed by atoms with Crippen LogP contribution in [0.3, 0.4) is 0 Å². The van der Waals surface area contributed by atoms with Crippen LogP contribution in [-0.4, -0.2) is 57.0 Å². The van der Waals surface area contributed by atoms with Gasteiger partial charge in [0.2, 0.25) is 11.8 Å². The fourth-order valence-electron chi connectivity index (χ4n) is 7.54. The summed E-state index contributed by atoms with van der Waals surface area (Å²) in [7, 11) is 0. The average molecular weight is 535 g/mol. The lowest BCUT2D eigenvalue weighted by Crippen LogP contribution is -2.28. The molecule has 4 atom stereocenters. The zero-order chi connectivity index (χ0) is 27.1. The second-order valence-corrected chi connectivity index (χ2v) is 11.4. The molecule has 0 aliphatic carbocycles. The van der Waals surface area contributed by atoms with Crippen LogP contribution in [0, 0.1) is 0 Å². The summed E-state index contributed by atoms with van der Waals surface area (Å²) in [6.45, 7) is 1.55. The number of phenolic OH excluding ortho intramolecular Hbond substituents is 2. The molecule has 4 saturated heterocycles. The molecule has 8 nitrogen and oxygen atoms in total. The predicted molar refractivity (Wildman–Crippen MR) is 151 cm³/mol. The first-order valence-electron chi connectivity index (χ1n) is 14.1. The van der Waals surface area contributed by atoms with Gasteiger partial charge in [0.1, 0.15) is 23.8 Å². The Bertz CT molecular complexity index is 1610. The lowest BCUT2D eigenvalue weighted by Gasteiger charge is -2.27. The van der Waals surface area contributed by atoms with Crippen LogP contribution in [0.2, 0.25) is 0 Å². The van der Waals surface area contributed by atoms with Crippen molar-refractivity contribution in [3.8, 4) is 22.6 Å². The highest BCUT2D eigenvalue weighted by molar-refractivity contribution is 6.11. The van der Waals surface area contributed by atoms with Crippen molar-refractivity contribution in [3.05, 3.63) is 71.8 Å². The summed E-state index contributed by atoms with van der Waals surface area (Å²) in [5, 5.41) is 33.8. The van der Waals surface area contributed by atoms with Crippen LogP contribution in [0.5, 0.6) is 11.5 Å². The van der Waals surface area contributed by atoms with E-state index in [1.807, 2.05) is 60.7 Å². The largest absolute Gasteiger partial charge is 0.507 e. The summed E-state index contributed by atoms with van der Waals surface area (Å²) in [6, 6.07) is 19.2. The molecule has 4 fully saturated rings. The van der Waals surface area contributed by atoms with E-state index in [0.29, 0.717) is 22.3 Å². The van der Waals surface area contributed by atoms with Crippen LogP contribution in [0.1, 0.15) is 49.1 Å². The monoisotopic (exact) mass is 534 g/mol. The minimum atomic E-state index is -0.445. The zero-order valence-corrected chi connectivity index (χ0v) is 21.9. The number of aromatic hydroxyl groups is 2. The first-order valence-corrected chi connectivity index (χ1v) is 14.1. The summed E-state index contributed by atoms with van der Waals surface area (Å²) >= 11 is 0. The van der Waals surface area contributed by atoms with Crippen LogP contribution >= 0.6 is 0 Å². The number of benzene rings is 4. The number of carbonyl (C=O) groups is 2. The van der Waals surface area contributed by atoms with Gasteiger partial charge in [-0.15, -0.1) is 0 Å². The van der Waals surface area contributed by atoms with Crippen molar-refractivity contribution < 1.29 is 19.8 Å². The predicted octanol–water partition coefficient (Wildman–Crippen LogP) is 4.26. The second-order valence-electron chi connectivity index (χ2n) is 11.4. The lowest BCUT2D eigenvalue weighted by molar-refractivity contribution is -0.121. The van der Waals surface area contributed by atoms with E-state index in [-0.39, 0.29) is 35.4 Å². The van der Waals surface area contributed by atoms with Gasteiger partial charge in [0.05, 0.1) is 12.1 Å². The Morgan fingerprint density at radius 1 is 0.650 bits per heavy atom. The molecule has 0 unspecified atom stereocenters. The van der Waals surface area contributed by atoms with Crippen molar-refractivity contribution >= 4 is 33.4 Å². The molecule has 0 saturated carbocycles. The fraction of sp³-hybridized carbons (Fsp3) is 0.312. The van der Waals surface area contributed by atoms with Gasteiger partial charge in [0, 0.05) is 35.3 Å². The van der Waals surface area contributed by atoms with Gasteiger partial charge in [-0.25, -0.2) is 0 Å². The smallest absolute Gasteiger partial charge is 0.238 e. The Kier molecular flexibility index (Phi) is 5.15. The van der Waals surface area contributed by atoms with Crippen molar-refractivity contribution in [3.63, 3.8) is 0 Å². The van der Waals surface area contributed by atoms with Gasteiger partial charge < -0.3 is 20.8 Å². The molecule has 0 aromatic heterocycles. The van der Waals surface area contributed by atoms with E-state index in [2.05, 4.69) is 20.4 Å². The first-order chi connectivity index (χ1) is 19.5. The van der Waals surface area contributed by atoms with E-state index in [1.54, 1.807) is 0 Å². The minimum Gasteiger partial charge on any atom is -0.507 e. The normalized spacial score (nSPS) is 26.4. The number of nitrogens with zero attached hydrogens (tertiary/aromatic N) is 2. The highest BCUT2D eigenvalue weighted by Crippen LogP contribution is 2.51. The van der Waals surface area contributed by atoms with Crippen molar-refractivity contribution in [2.75, 3.05) is 13.1 Å². The number of fused-ring (bicyclic) bond motifs is 4. The Hall–Kier alpha value is -4.14. The van der Waals surface area contributed by atoms with E-state index in [0.717, 1.165) is 60.3 Å². The number of nitrogens with one attached hydrogen (secondary N) is 2. The molecule has 4 aliphatic heterocycles. The standard InChI is InChI=1S/C32H30N4O4/c37-27-21(29-33-31(39)23-11-5-13-35(23)29)15-17-7-1-3-9-19(17)25(27)26-20-10-4-2-8-18(20)16-22(28(26)38)30-34-32(40)24-12-6-14-36(24)30/h1-4,7-10,15-16,23-24,29-30,37-38H,5-6,11-14H2,(H,33,39)(H,34,40)/t23-,24-,29-,30-/m0/s1. The third-order valence-electron chi connectivity index (χ3n) is 9.36. The van der Waals surface area contributed by atoms with Gasteiger partial charge in [-0.1, -0.05) is 48.5 Å². The van der Waals surface area contributed by atoms with Crippen LogP contribution < -0.4 is 10.6 Å². The van der Waals surface area contributed by atoms with Gasteiger partial charge in [-0.05, 0) is 59.4 Å². The Morgan fingerprint density at radius 3 is 1.52 bits per heavy atom. The maximum Gasteiger partial charge on any atom is 0.238 e. The topological polar surface area (TPSA) is 105 Å². The minimum absolute atomic E-state index is 0.0101. The SMILES string of the molecule is O=C1N[C@H](c2cc3ccccc3c(-c3c(O)c([C@H]4NC(=O)[C@@H]5CCCN45)cc4ccccc34)c2O)N2CCC[C@@H]12. The summed E-state index contributed by atoms with van der Waals surface area (Å²) < 4.78 is 0. The molecule has 0 bridgehead atoms. The fourth-order valence-corrected chi connectivity index (χ4v) is 7.54. The molecule has 4 aromatic rings. The summed E-state index contributed by atoms with van der Waals surface area (Å²) in [6.07, 6.45) is 2.60. The summed E-state index contributed by atoms with van der Waals surface area (Å²) in [5.41, 5.74) is 2.30. The van der Waals surface area contributed by atoms with Crippen molar-refractivity contribution in [1.29, 1.82) is 0 Å². The van der Waals surface area contributed by atoms with Gasteiger partial charge in [0.15, 0.2) is 0 Å². The summed E-state index contributed by atoms with van der Waals surface area (Å²) in [4.78, 5) is 29.8. The van der Waals surface area contributed by atoms with Gasteiger partial charge in [-0.3, -0.25) is 19.4 Å². The molecule has 4 heterocycles. The molecule has 8 heteroatoms. The van der Waals surface area contributed by atoms with Crippen LogP contribution in [0.4, 0.5) is 0 Å². The van der Waals surface area contributed by atoms with E-state index < -0.39 is 12.3 Å². The van der Waals surface area contributed by atoms with Crippen molar-refractivity contribution in [2.24, 2.45) is 0 Å². The highest BCUT2D eigenvalue weighted by Gasteiger charge is 2.46. The molecule has 4 N–H and O–H groups in total. The average Bonchev–Trinajstić information content (AvgIpc) is 3.74. The van der Waals surface area contributed by atoms with E-state index in [4.69, 9.17) is 0 Å². The number of carbonyl (C=O) groups excluding carboxylic acids is 2. The molecule has 4 aromatic carbocycles. The molecule has 0 spiro atoms. The second kappa shape index (κ2) is 8.68. The Balaban J connectivity index is 1.40. The number of hydrogen-bond donors (Lipinski definition) is 4. The van der Waals surface area contributed by atoms with Gasteiger partial charge in [-0.2, -0.15) is 0 Å². The summed E-state index contributed by atoms with van der Waals surface area (Å²) in [5.74, 6) is 0.0698. The number of amides is 2. The number of rotatable bonds is 3. The lowest BCUT2D eigenvalue weighted by atomic mass is 9.87. The highest BCUT2D eigenvalue weighted by atomic mass is 16.3. The molecule has 40 heavy (non-hydrogen) atoms. The van der Waals surface area contributed by atoms with E-state index in [9.17, 15) is 19.8 Å². The van der Waals surface area contributed by atoms with Gasteiger partial charge in [0.25, 0.3) is 0 Å². The molecule has 8 rings (SSSR count). The third kappa shape index (κ3) is 3.26. The van der Waals surface area contributed by atoms with Crippen LogP contribution in [0.25, 0.3) is 32.7 Å². The molecule has 2 amide bonds. The van der Waals surface area contributed by atoms with Crippen molar-refractivity contribution in [1.82, 2.24) is 20.4 Å². The Labute approximate surface area is 231 Å². The third-order valence-corrected chi connectivity index (χ3v) is 9.36.